The minimum atomic E-state index is -0.611. The van der Waals surface area contributed by atoms with Gasteiger partial charge in [0.2, 0.25) is 0 Å². The maximum Gasteiger partial charge on any atom is 0.257 e. The minimum Gasteiger partial charge on any atom is -0.497 e. The SMILES string of the molecule is COc1cccc(C2(C)Nc3ccccc3C(=O)N2C)c1. The van der Waals surface area contributed by atoms with Gasteiger partial charge in [0, 0.05) is 18.3 Å². The van der Waals surface area contributed by atoms with Gasteiger partial charge in [-0.25, -0.2) is 0 Å². The number of anilines is 1. The highest BCUT2D eigenvalue weighted by Gasteiger charge is 2.40. The van der Waals surface area contributed by atoms with Gasteiger partial charge >= 0.3 is 0 Å². The van der Waals surface area contributed by atoms with Crippen LogP contribution in [0, 0.1) is 0 Å². The zero-order chi connectivity index (χ0) is 15.0. The molecule has 0 fully saturated rings. The molecule has 0 saturated carbocycles. The summed E-state index contributed by atoms with van der Waals surface area (Å²) in [4.78, 5) is 14.3. The van der Waals surface area contributed by atoms with Crippen molar-refractivity contribution in [2.75, 3.05) is 19.5 Å². The Labute approximate surface area is 124 Å². The molecule has 1 unspecified atom stereocenters. The number of carbonyl (C=O) groups excluding carboxylic acids is 1. The molecule has 1 N–H and O–H groups in total. The van der Waals surface area contributed by atoms with Gasteiger partial charge < -0.3 is 15.0 Å². The van der Waals surface area contributed by atoms with Crippen LogP contribution < -0.4 is 10.1 Å². The number of ether oxygens (including phenoxy) is 1. The highest BCUT2D eigenvalue weighted by Crippen LogP contribution is 2.37. The van der Waals surface area contributed by atoms with Gasteiger partial charge in [0.25, 0.3) is 5.91 Å². The molecule has 21 heavy (non-hydrogen) atoms. The second-order valence-corrected chi connectivity index (χ2v) is 5.34. The van der Waals surface area contributed by atoms with Crippen LogP contribution in [0.3, 0.4) is 0 Å². The van der Waals surface area contributed by atoms with E-state index in [0.29, 0.717) is 5.56 Å². The molecular formula is C17H18N2O2. The lowest BCUT2D eigenvalue weighted by atomic mass is 9.94. The van der Waals surface area contributed by atoms with E-state index in [9.17, 15) is 4.79 Å². The molecular weight excluding hydrogens is 264 g/mol. The van der Waals surface area contributed by atoms with Gasteiger partial charge in [-0.1, -0.05) is 24.3 Å². The maximum absolute atomic E-state index is 12.6. The Morgan fingerprint density at radius 3 is 2.67 bits per heavy atom. The molecule has 0 aromatic heterocycles. The van der Waals surface area contributed by atoms with Gasteiger partial charge in [0.15, 0.2) is 0 Å². The molecule has 0 radical (unpaired) electrons. The smallest absolute Gasteiger partial charge is 0.257 e. The number of hydrogen-bond acceptors (Lipinski definition) is 3. The van der Waals surface area contributed by atoms with Crippen LogP contribution in [0.15, 0.2) is 48.5 Å². The van der Waals surface area contributed by atoms with Crippen molar-refractivity contribution in [2.24, 2.45) is 0 Å². The Bertz CT molecular complexity index is 699. The van der Waals surface area contributed by atoms with Crippen molar-refractivity contribution in [2.45, 2.75) is 12.6 Å². The van der Waals surface area contributed by atoms with Crippen molar-refractivity contribution >= 4 is 11.6 Å². The number of rotatable bonds is 2. The lowest BCUT2D eigenvalue weighted by molar-refractivity contribution is 0.0615. The molecule has 1 amide bonds. The highest BCUT2D eigenvalue weighted by molar-refractivity contribution is 6.02. The predicted octanol–water partition coefficient (Wildman–Crippen LogP) is 3.07. The van der Waals surface area contributed by atoms with E-state index < -0.39 is 5.66 Å². The van der Waals surface area contributed by atoms with E-state index in [1.165, 1.54) is 0 Å². The van der Waals surface area contributed by atoms with E-state index in [4.69, 9.17) is 4.74 Å². The van der Waals surface area contributed by atoms with Gasteiger partial charge in [-0.2, -0.15) is 0 Å². The lowest BCUT2D eigenvalue weighted by Gasteiger charge is -2.44. The summed E-state index contributed by atoms with van der Waals surface area (Å²) in [6, 6.07) is 15.3. The summed E-state index contributed by atoms with van der Waals surface area (Å²) in [7, 11) is 3.45. The number of carbonyl (C=O) groups is 1. The average Bonchev–Trinajstić information content (AvgIpc) is 2.53. The van der Waals surface area contributed by atoms with Crippen molar-refractivity contribution in [3.8, 4) is 5.75 Å². The van der Waals surface area contributed by atoms with Crippen LogP contribution in [0.4, 0.5) is 5.69 Å². The molecule has 1 aliphatic rings. The summed E-state index contributed by atoms with van der Waals surface area (Å²) in [5.41, 5.74) is 1.92. The number of fused-ring (bicyclic) bond motifs is 1. The second-order valence-electron chi connectivity index (χ2n) is 5.34. The summed E-state index contributed by atoms with van der Waals surface area (Å²) in [6.45, 7) is 2.00. The number of benzene rings is 2. The largest absolute Gasteiger partial charge is 0.497 e. The van der Waals surface area contributed by atoms with Crippen LogP contribution in [0.5, 0.6) is 5.75 Å². The Morgan fingerprint density at radius 1 is 1.14 bits per heavy atom. The minimum absolute atomic E-state index is 0.00895. The Hall–Kier alpha value is -2.49. The number of methoxy groups -OCH3 is 1. The first-order chi connectivity index (χ1) is 10.1. The van der Waals surface area contributed by atoms with Crippen LogP contribution in [0.25, 0.3) is 0 Å². The highest BCUT2D eigenvalue weighted by atomic mass is 16.5. The standard InChI is InChI=1S/C17H18N2O2/c1-17(12-7-6-8-13(11-12)21-3)18-15-10-5-4-9-14(15)16(20)19(17)2/h4-11,18H,1-3H3. The van der Waals surface area contributed by atoms with Crippen LogP contribution in [0.2, 0.25) is 0 Å². The van der Waals surface area contributed by atoms with Gasteiger partial charge in [-0.15, -0.1) is 0 Å². The van der Waals surface area contributed by atoms with Crippen molar-refractivity contribution in [1.82, 2.24) is 4.90 Å². The molecule has 0 bridgehead atoms. The molecule has 2 aromatic rings. The van der Waals surface area contributed by atoms with Gasteiger partial charge in [-0.05, 0) is 31.2 Å². The molecule has 108 valence electrons. The lowest BCUT2D eigenvalue weighted by Crippen LogP contribution is -2.53. The van der Waals surface area contributed by atoms with Crippen LogP contribution >= 0.6 is 0 Å². The number of nitrogens with zero attached hydrogens (tertiary/aromatic N) is 1. The molecule has 1 heterocycles. The van der Waals surface area contributed by atoms with Crippen molar-refractivity contribution < 1.29 is 9.53 Å². The van der Waals surface area contributed by atoms with E-state index in [1.807, 2.05) is 62.5 Å². The average molecular weight is 282 g/mol. The summed E-state index contributed by atoms with van der Waals surface area (Å²) in [6.07, 6.45) is 0. The van der Waals surface area contributed by atoms with Crippen LogP contribution in [-0.4, -0.2) is 25.0 Å². The fourth-order valence-electron chi connectivity index (χ4n) is 2.70. The van der Waals surface area contributed by atoms with Gasteiger partial charge in [0.05, 0.1) is 12.7 Å². The molecule has 1 atom stereocenters. The predicted molar refractivity (Wildman–Crippen MR) is 82.5 cm³/mol. The summed E-state index contributed by atoms with van der Waals surface area (Å²) in [5, 5.41) is 3.47. The third kappa shape index (κ3) is 2.03. The molecule has 3 rings (SSSR count). The van der Waals surface area contributed by atoms with Crippen molar-refractivity contribution in [3.05, 3.63) is 59.7 Å². The molecule has 2 aromatic carbocycles. The van der Waals surface area contributed by atoms with E-state index in [0.717, 1.165) is 17.0 Å². The van der Waals surface area contributed by atoms with Crippen LogP contribution in [0.1, 0.15) is 22.8 Å². The third-order valence-electron chi connectivity index (χ3n) is 4.14. The first-order valence-corrected chi connectivity index (χ1v) is 6.86. The first kappa shape index (κ1) is 13.5. The number of hydrogen-bond donors (Lipinski definition) is 1. The molecule has 0 aliphatic carbocycles. The van der Waals surface area contributed by atoms with E-state index >= 15 is 0 Å². The summed E-state index contributed by atoms with van der Waals surface area (Å²) in [5.74, 6) is 0.782. The van der Waals surface area contributed by atoms with Crippen molar-refractivity contribution in [3.63, 3.8) is 0 Å². The molecule has 4 nitrogen and oxygen atoms in total. The third-order valence-corrected chi connectivity index (χ3v) is 4.14. The molecule has 0 spiro atoms. The Kier molecular flexibility index (Phi) is 3.09. The molecule has 0 saturated heterocycles. The number of amides is 1. The summed E-state index contributed by atoms with van der Waals surface area (Å²) >= 11 is 0. The quantitative estimate of drug-likeness (QED) is 0.920. The van der Waals surface area contributed by atoms with Crippen LogP contribution in [-0.2, 0) is 5.66 Å². The number of nitrogens with one attached hydrogen (secondary N) is 1. The van der Waals surface area contributed by atoms with E-state index in [2.05, 4.69) is 5.32 Å². The zero-order valence-electron chi connectivity index (χ0n) is 12.4. The molecule has 1 aliphatic heterocycles. The second kappa shape index (κ2) is 4.81. The van der Waals surface area contributed by atoms with Gasteiger partial charge in [0.1, 0.15) is 11.4 Å². The fourth-order valence-corrected chi connectivity index (χ4v) is 2.70. The normalized spacial score (nSPS) is 20.7. The topological polar surface area (TPSA) is 41.6 Å². The van der Waals surface area contributed by atoms with Gasteiger partial charge in [-0.3, -0.25) is 4.79 Å². The first-order valence-electron chi connectivity index (χ1n) is 6.86. The Balaban J connectivity index is 2.11. The maximum atomic E-state index is 12.6. The Morgan fingerprint density at radius 2 is 1.90 bits per heavy atom. The zero-order valence-corrected chi connectivity index (χ0v) is 12.4. The fraction of sp³-hybridized carbons (Fsp3) is 0.235. The van der Waals surface area contributed by atoms with E-state index in [-0.39, 0.29) is 5.91 Å². The molecule has 4 heteroatoms. The summed E-state index contributed by atoms with van der Waals surface area (Å²) < 4.78 is 5.29. The number of para-hydroxylation sites is 1. The van der Waals surface area contributed by atoms with Crippen molar-refractivity contribution in [1.29, 1.82) is 0 Å². The van der Waals surface area contributed by atoms with E-state index in [1.54, 1.807) is 12.0 Å². The monoisotopic (exact) mass is 282 g/mol.